The van der Waals surface area contributed by atoms with Crippen LogP contribution in [-0.2, 0) is 11.4 Å². The van der Waals surface area contributed by atoms with E-state index in [1.54, 1.807) is 36.7 Å². The molecular formula is C18H20N2O4. The van der Waals surface area contributed by atoms with E-state index in [1.165, 1.54) is 0 Å². The first-order valence-corrected chi connectivity index (χ1v) is 7.75. The first-order chi connectivity index (χ1) is 11.6. The lowest BCUT2D eigenvalue weighted by atomic mass is 10.1. The van der Waals surface area contributed by atoms with Crippen LogP contribution < -0.4 is 10.1 Å². The molecule has 0 radical (unpaired) electrons. The SMILES string of the molecule is CCC[C@@H](NC(=O)c1cccc(OCc2cccnc2)c1)C(=O)O. The van der Waals surface area contributed by atoms with Gasteiger partial charge in [0.15, 0.2) is 0 Å². The Hall–Kier alpha value is -2.89. The van der Waals surface area contributed by atoms with Gasteiger partial charge in [-0.3, -0.25) is 9.78 Å². The molecule has 24 heavy (non-hydrogen) atoms. The van der Waals surface area contributed by atoms with E-state index >= 15 is 0 Å². The van der Waals surface area contributed by atoms with E-state index in [4.69, 9.17) is 9.84 Å². The predicted octanol–water partition coefficient (Wildman–Crippen LogP) is 2.64. The van der Waals surface area contributed by atoms with Crippen LogP contribution in [-0.4, -0.2) is 28.0 Å². The van der Waals surface area contributed by atoms with Crippen LogP contribution in [0.25, 0.3) is 0 Å². The maximum atomic E-state index is 12.2. The monoisotopic (exact) mass is 328 g/mol. The maximum Gasteiger partial charge on any atom is 0.326 e. The highest BCUT2D eigenvalue weighted by Crippen LogP contribution is 2.15. The molecule has 2 rings (SSSR count). The molecule has 0 aliphatic carbocycles. The van der Waals surface area contributed by atoms with Crippen LogP contribution in [0, 0.1) is 0 Å². The van der Waals surface area contributed by atoms with Gasteiger partial charge in [0.1, 0.15) is 18.4 Å². The van der Waals surface area contributed by atoms with Crippen molar-refractivity contribution in [1.82, 2.24) is 10.3 Å². The van der Waals surface area contributed by atoms with Gasteiger partial charge >= 0.3 is 5.97 Å². The van der Waals surface area contributed by atoms with Crippen LogP contribution >= 0.6 is 0 Å². The Morgan fingerprint density at radius 1 is 1.29 bits per heavy atom. The van der Waals surface area contributed by atoms with E-state index in [1.807, 2.05) is 19.1 Å². The average molecular weight is 328 g/mol. The molecule has 0 unspecified atom stereocenters. The Balaban J connectivity index is 2.00. The summed E-state index contributed by atoms with van der Waals surface area (Å²) in [4.78, 5) is 27.4. The van der Waals surface area contributed by atoms with Gasteiger partial charge in [-0.15, -0.1) is 0 Å². The van der Waals surface area contributed by atoms with Gasteiger partial charge in [-0.05, 0) is 30.7 Å². The largest absolute Gasteiger partial charge is 0.489 e. The molecule has 0 aliphatic rings. The molecule has 2 aromatic rings. The van der Waals surface area contributed by atoms with Crippen LogP contribution in [0.4, 0.5) is 0 Å². The molecule has 1 heterocycles. The minimum atomic E-state index is -1.03. The third-order valence-corrected chi connectivity index (χ3v) is 3.41. The summed E-state index contributed by atoms with van der Waals surface area (Å²) in [6.45, 7) is 2.21. The van der Waals surface area contributed by atoms with Gasteiger partial charge in [0.25, 0.3) is 5.91 Å². The highest BCUT2D eigenvalue weighted by atomic mass is 16.5. The number of hydrogen-bond donors (Lipinski definition) is 2. The molecule has 6 heteroatoms. The highest BCUT2D eigenvalue weighted by Gasteiger charge is 2.19. The second-order valence-electron chi connectivity index (χ2n) is 5.33. The third-order valence-electron chi connectivity index (χ3n) is 3.41. The van der Waals surface area contributed by atoms with E-state index in [0.29, 0.717) is 30.8 Å². The summed E-state index contributed by atoms with van der Waals surface area (Å²) < 4.78 is 5.65. The summed E-state index contributed by atoms with van der Waals surface area (Å²) in [7, 11) is 0. The zero-order chi connectivity index (χ0) is 17.4. The Morgan fingerprint density at radius 2 is 2.12 bits per heavy atom. The van der Waals surface area contributed by atoms with E-state index in [-0.39, 0.29) is 0 Å². The number of ether oxygens (including phenoxy) is 1. The zero-order valence-electron chi connectivity index (χ0n) is 13.4. The number of hydrogen-bond acceptors (Lipinski definition) is 4. The Labute approximate surface area is 140 Å². The average Bonchev–Trinajstić information content (AvgIpc) is 2.60. The van der Waals surface area contributed by atoms with Crippen LogP contribution in [0.5, 0.6) is 5.75 Å². The fraction of sp³-hybridized carbons (Fsp3) is 0.278. The number of aromatic nitrogens is 1. The van der Waals surface area contributed by atoms with Gasteiger partial charge < -0.3 is 15.2 Å². The molecule has 2 N–H and O–H groups in total. The molecule has 0 saturated heterocycles. The molecule has 126 valence electrons. The number of carboxylic acid groups (broad SMARTS) is 1. The number of benzene rings is 1. The fourth-order valence-electron chi connectivity index (χ4n) is 2.16. The number of carboxylic acids is 1. The number of nitrogens with zero attached hydrogens (tertiary/aromatic N) is 1. The number of carbonyl (C=O) groups excluding carboxylic acids is 1. The minimum absolute atomic E-state index is 0.340. The topological polar surface area (TPSA) is 88.5 Å². The summed E-state index contributed by atoms with van der Waals surface area (Å²) in [5.41, 5.74) is 1.28. The quantitative estimate of drug-likeness (QED) is 0.778. The first-order valence-electron chi connectivity index (χ1n) is 7.75. The Kier molecular flexibility index (Phi) is 6.31. The molecule has 6 nitrogen and oxygen atoms in total. The molecule has 0 saturated carbocycles. The summed E-state index contributed by atoms with van der Waals surface area (Å²) in [5, 5.41) is 11.7. The van der Waals surface area contributed by atoms with Crippen molar-refractivity contribution in [2.45, 2.75) is 32.4 Å². The van der Waals surface area contributed by atoms with Gasteiger partial charge in [-0.25, -0.2) is 4.79 Å². The van der Waals surface area contributed by atoms with E-state index in [0.717, 1.165) is 5.56 Å². The second-order valence-corrected chi connectivity index (χ2v) is 5.33. The van der Waals surface area contributed by atoms with Crippen LogP contribution in [0.1, 0.15) is 35.7 Å². The van der Waals surface area contributed by atoms with Crippen molar-refractivity contribution in [3.8, 4) is 5.75 Å². The summed E-state index contributed by atoms with van der Waals surface area (Å²) in [6, 6.07) is 9.49. The van der Waals surface area contributed by atoms with Gasteiger partial charge in [-0.1, -0.05) is 25.5 Å². The second kappa shape index (κ2) is 8.67. The summed E-state index contributed by atoms with van der Waals surface area (Å²) in [5.74, 6) is -0.925. The van der Waals surface area contributed by atoms with Crippen molar-refractivity contribution in [2.75, 3.05) is 0 Å². The Morgan fingerprint density at radius 3 is 2.79 bits per heavy atom. The van der Waals surface area contributed by atoms with Crippen molar-refractivity contribution in [1.29, 1.82) is 0 Å². The molecule has 1 aromatic carbocycles. The lowest BCUT2D eigenvalue weighted by Crippen LogP contribution is -2.40. The number of aliphatic carboxylic acids is 1. The molecule has 0 bridgehead atoms. The summed E-state index contributed by atoms with van der Waals surface area (Å²) in [6.07, 6.45) is 4.45. The molecule has 0 spiro atoms. The van der Waals surface area contributed by atoms with E-state index < -0.39 is 17.9 Å². The molecule has 1 amide bonds. The minimum Gasteiger partial charge on any atom is -0.489 e. The van der Waals surface area contributed by atoms with Crippen molar-refractivity contribution in [3.05, 3.63) is 59.9 Å². The summed E-state index contributed by atoms with van der Waals surface area (Å²) >= 11 is 0. The number of rotatable bonds is 8. The standard InChI is InChI=1S/C18H20N2O4/c1-2-5-16(18(22)23)20-17(21)14-7-3-8-15(10-14)24-12-13-6-4-9-19-11-13/h3-4,6-11,16H,2,5,12H2,1H3,(H,20,21)(H,22,23)/t16-/m1/s1. The molecule has 1 aromatic heterocycles. The first kappa shape index (κ1) is 17.5. The van der Waals surface area contributed by atoms with E-state index in [9.17, 15) is 9.59 Å². The Bertz CT molecular complexity index is 688. The van der Waals surface area contributed by atoms with Gasteiger partial charge in [-0.2, -0.15) is 0 Å². The van der Waals surface area contributed by atoms with Crippen molar-refractivity contribution >= 4 is 11.9 Å². The normalized spacial score (nSPS) is 11.5. The lowest BCUT2D eigenvalue weighted by molar-refractivity contribution is -0.139. The van der Waals surface area contributed by atoms with Crippen molar-refractivity contribution in [2.24, 2.45) is 0 Å². The van der Waals surface area contributed by atoms with Gasteiger partial charge in [0, 0.05) is 23.5 Å². The van der Waals surface area contributed by atoms with Crippen LogP contribution in [0.2, 0.25) is 0 Å². The van der Waals surface area contributed by atoms with E-state index in [2.05, 4.69) is 10.3 Å². The molecule has 0 aliphatic heterocycles. The zero-order valence-corrected chi connectivity index (χ0v) is 13.4. The predicted molar refractivity (Wildman–Crippen MR) is 88.8 cm³/mol. The smallest absolute Gasteiger partial charge is 0.326 e. The molecule has 0 fully saturated rings. The van der Waals surface area contributed by atoms with Gasteiger partial charge in [0.2, 0.25) is 0 Å². The van der Waals surface area contributed by atoms with Crippen molar-refractivity contribution in [3.63, 3.8) is 0 Å². The molecular weight excluding hydrogens is 308 g/mol. The fourth-order valence-corrected chi connectivity index (χ4v) is 2.16. The van der Waals surface area contributed by atoms with Crippen LogP contribution in [0.15, 0.2) is 48.8 Å². The lowest BCUT2D eigenvalue weighted by Gasteiger charge is -2.14. The molecule has 1 atom stereocenters. The van der Waals surface area contributed by atoms with Crippen molar-refractivity contribution < 1.29 is 19.4 Å². The van der Waals surface area contributed by atoms with Crippen LogP contribution in [0.3, 0.4) is 0 Å². The van der Waals surface area contributed by atoms with Gasteiger partial charge in [0.05, 0.1) is 0 Å². The number of pyridine rings is 1. The highest BCUT2D eigenvalue weighted by molar-refractivity contribution is 5.96. The number of carbonyl (C=O) groups is 2. The maximum absolute atomic E-state index is 12.2. The number of nitrogens with one attached hydrogen (secondary N) is 1. The number of amides is 1. The third kappa shape index (κ3) is 5.08.